The fraction of sp³-hybridized carbons (Fsp3) is 0.667. The molecule has 0 radical (unpaired) electrons. The minimum atomic E-state index is -0.277. The van der Waals surface area contributed by atoms with Gasteiger partial charge in [-0.25, -0.2) is 0 Å². The standard InChI is InChI=1S/C18H29NO/c1-15(16-9-5-4-6-10-16)13-17(20)18(14-19)11-7-2-3-8-12-18/h4-6,9-10,15,17,20H,2-3,7-8,11-14,19H2,1H3. The zero-order valence-electron chi connectivity index (χ0n) is 12.7. The number of nitrogens with two attached hydrogens (primary N) is 1. The van der Waals surface area contributed by atoms with Gasteiger partial charge in [0.1, 0.15) is 0 Å². The highest BCUT2D eigenvalue weighted by Gasteiger charge is 2.37. The Kier molecular flexibility index (Phi) is 5.62. The van der Waals surface area contributed by atoms with E-state index in [2.05, 4.69) is 31.2 Å². The Labute approximate surface area is 123 Å². The molecule has 0 spiro atoms. The van der Waals surface area contributed by atoms with Crippen molar-refractivity contribution in [1.29, 1.82) is 0 Å². The third kappa shape index (κ3) is 3.62. The molecule has 1 saturated carbocycles. The molecule has 2 heteroatoms. The zero-order valence-corrected chi connectivity index (χ0v) is 12.7. The minimum Gasteiger partial charge on any atom is -0.392 e. The molecule has 0 amide bonds. The molecule has 0 aromatic heterocycles. The lowest BCUT2D eigenvalue weighted by atomic mass is 9.72. The fourth-order valence-electron chi connectivity index (χ4n) is 3.61. The molecule has 0 bridgehead atoms. The van der Waals surface area contributed by atoms with Crippen molar-refractivity contribution < 1.29 is 5.11 Å². The summed E-state index contributed by atoms with van der Waals surface area (Å²) in [6.07, 6.45) is 7.74. The molecule has 1 aromatic rings. The number of hydrogen-bond acceptors (Lipinski definition) is 2. The summed E-state index contributed by atoms with van der Waals surface area (Å²) in [5.41, 5.74) is 7.33. The van der Waals surface area contributed by atoms with Crippen molar-refractivity contribution >= 4 is 0 Å². The van der Waals surface area contributed by atoms with Gasteiger partial charge in [-0.15, -0.1) is 0 Å². The Morgan fingerprint density at radius 2 is 1.70 bits per heavy atom. The Bertz CT molecular complexity index is 382. The van der Waals surface area contributed by atoms with Gasteiger partial charge in [-0.1, -0.05) is 62.9 Å². The monoisotopic (exact) mass is 275 g/mol. The number of aliphatic hydroxyl groups is 1. The number of aliphatic hydroxyl groups excluding tert-OH is 1. The quantitative estimate of drug-likeness (QED) is 0.802. The van der Waals surface area contributed by atoms with E-state index in [-0.39, 0.29) is 11.5 Å². The normalized spacial score (nSPS) is 21.9. The van der Waals surface area contributed by atoms with Crippen molar-refractivity contribution in [2.45, 2.75) is 63.9 Å². The average molecular weight is 275 g/mol. The van der Waals surface area contributed by atoms with E-state index in [4.69, 9.17) is 5.73 Å². The molecule has 20 heavy (non-hydrogen) atoms. The van der Waals surface area contributed by atoms with Gasteiger partial charge in [0.2, 0.25) is 0 Å². The van der Waals surface area contributed by atoms with Gasteiger partial charge < -0.3 is 10.8 Å². The summed E-state index contributed by atoms with van der Waals surface area (Å²) in [4.78, 5) is 0. The first-order valence-corrected chi connectivity index (χ1v) is 8.11. The zero-order chi connectivity index (χ0) is 14.4. The highest BCUT2D eigenvalue weighted by Crippen LogP contribution is 2.40. The van der Waals surface area contributed by atoms with Crippen molar-refractivity contribution in [1.82, 2.24) is 0 Å². The smallest absolute Gasteiger partial charge is 0.0614 e. The van der Waals surface area contributed by atoms with E-state index < -0.39 is 0 Å². The third-order valence-electron chi connectivity index (χ3n) is 5.16. The lowest BCUT2D eigenvalue weighted by Crippen LogP contribution is -2.42. The first-order valence-electron chi connectivity index (χ1n) is 8.11. The van der Waals surface area contributed by atoms with E-state index in [0.29, 0.717) is 12.5 Å². The summed E-state index contributed by atoms with van der Waals surface area (Å²) in [5.74, 6) is 0.387. The Balaban J connectivity index is 2.03. The molecule has 0 heterocycles. The van der Waals surface area contributed by atoms with Gasteiger partial charge in [-0.3, -0.25) is 0 Å². The summed E-state index contributed by atoms with van der Waals surface area (Å²) in [6.45, 7) is 2.83. The van der Waals surface area contributed by atoms with E-state index in [0.717, 1.165) is 19.3 Å². The molecule has 2 atom stereocenters. The molecular formula is C18H29NO. The van der Waals surface area contributed by atoms with Crippen LogP contribution in [0.5, 0.6) is 0 Å². The van der Waals surface area contributed by atoms with Crippen molar-refractivity contribution in [3.63, 3.8) is 0 Å². The molecule has 2 rings (SSSR count). The minimum absolute atomic E-state index is 0.0421. The van der Waals surface area contributed by atoms with Crippen LogP contribution in [0.1, 0.15) is 63.4 Å². The van der Waals surface area contributed by atoms with Gasteiger partial charge in [0.25, 0.3) is 0 Å². The van der Waals surface area contributed by atoms with Crippen LogP contribution >= 0.6 is 0 Å². The summed E-state index contributed by atoms with van der Waals surface area (Å²) >= 11 is 0. The Morgan fingerprint density at radius 3 is 2.25 bits per heavy atom. The lowest BCUT2D eigenvalue weighted by molar-refractivity contribution is 0.00834. The van der Waals surface area contributed by atoms with Gasteiger partial charge >= 0.3 is 0 Å². The maximum absolute atomic E-state index is 10.8. The molecule has 0 aliphatic heterocycles. The summed E-state index contributed by atoms with van der Waals surface area (Å²) in [7, 11) is 0. The second-order valence-corrected chi connectivity index (χ2v) is 6.54. The van der Waals surface area contributed by atoms with Gasteiger partial charge in [0.15, 0.2) is 0 Å². The van der Waals surface area contributed by atoms with Crippen LogP contribution in [0.15, 0.2) is 30.3 Å². The molecule has 1 fully saturated rings. The molecule has 2 unspecified atom stereocenters. The molecule has 2 nitrogen and oxygen atoms in total. The summed E-state index contributed by atoms with van der Waals surface area (Å²) in [6, 6.07) is 10.5. The van der Waals surface area contributed by atoms with Crippen LogP contribution in [0, 0.1) is 5.41 Å². The van der Waals surface area contributed by atoms with Gasteiger partial charge in [0.05, 0.1) is 6.10 Å². The van der Waals surface area contributed by atoms with E-state index in [1.807, 2.05) is 6.07 Å². The molecule has 1 aliphatic rings. The van der Waals surface area contributed by atoms with Crippen LogP contribution in [0.3, 0.4) is 0 Å². The highest BCUT2D eigenvalue weighted by atomic mass is 16.3. The average Bonchev–Trinajstić information content (AvgIpc) is 2.74. The number of hydrogen-bond donors (Lipinski definition) is 2. The highest BCUT2D eigenvalue weighted by molar-refractivity contribution is 5.19. The van der Waals surface area contributed by atoms with Crippen LogP contribution in [-0.2, 0) is 0 Å². The maximum Gasteiger partial charge on any atom is 0.0614 e. The van der Waals surface area contributed by atoms with E-state index in [9.17, 15) is 5.11 Å². The lowest BCUT2D eigenvalue weighted by Gasteiger charge is -2.37. The molecule has 1 aromatic carbocycles. The Morgan fingerprint density at radius 1 is 1.10 bits per heavy atom. The van der Waals surface area contributed by atoms with Crippen LogP contribution in [0.4, 0.5) is 0 Å². The fourth-order valence-corrected chi connectivity index (χ4v) is 3.61. The molecule has 0 saturated heterocycles. The number of rotatable bonds is 5. The third-order valence-corrected chi connectivity index (χ3v) is 5.16. The summed E-state index contributed by atoms with van der Waals surface area (Å²) in [5, 5.41) is 10.8. The first-order chi connectivity index (χ1) is 9.68. The topological polar surface area (TPSA) is 46.2 Å². The predicted molar refractivity (Wildman–Crippen MR) is 84.7 cm³/mol. The van der Waals surface area contributed by atoms with Gasteiger partial charge in [0, 0.05) is 12.0 Å². The largest absolute Gasteiger partial charge is 0.392 e. The molecule has 112 valence electrons. The van der Waals surface area contributed by atoms with Gasteiger partial charge in [-0.05, 0) is 30.7 Å². The van der Waals surface area contributed by atoms with Crippen LogP contribution in [0.25, 0.3) is 0 Å². The predicted octanol–water partition coefficient (Wildman–Crippen LogP) is 3.84. The molecule has 1 aliphatic carbocycles. The van der Waals surface area contributed by atoms with Crippen LogP contribution in [0.2, 0.25) is 0 Å². The van der Waals surface area contributed by atoms with E-state index >= 15 is 0 Å². The van der Waals surface area contributed by atoms with E-state index in [1.54, 1.807) is 0 Å². The molecule has 3 N–H and O–H groups in total. The van der Waals surface area contributed by atoms with Gasteiger partial charge in [-0.2, -0.15) is 0 Å². The van der Waals surface area contributed by atoms with Crippen LogP contribution < -0.4 is 5.73 Å². The van der Waals surface area contributed by atoms with Crippen molar-refractivity contribution in [3.8, 4) is 0 Å². The number of benzene rings is 1. The second kappa shape index (κ2) is 7.24. The first kappa shape index (κ1) is 15.5. The van der Waals surface area contributed by atoms with Crippen LogP contribution in [-0.4, -0.2) is 17.8 Å². The second-order valence-electron chi connectivity index (χ2n) is 6.54. The Hall–Kier alpha value is -0.860. The van der Waals surface area contributed by atoms with Crippen molar-refractivity contribution in [2.75, 3.05) is 6.54 Å². The molecular weight excluding hydrogens is 246 g/mol. The van der Waals surface area contributed by atoms with E-state index in [1.165, 1.54) is 31.2 Å². The van der Waals surface area contributed by atoms with Crippen molar-refractivity contribution in [3.05, 3.63) is 35.9 Å². The van der Waals surface area contributed by atoms with Crippen molar-refractivity contribution in [2.24, 2.45) is 11.1 Å². The maximum atomic E-state index is 10.8. The SMILES string of the molecule is CC(CC(O)C1(CN)CCCCCC1)c1ccccc1. The summed E-state index contributed by atoms with van der Waals surface area (Å²) < 4.78 is 0.